The summed E-state index contributed by atoms with van der Waals surface area (Å²) in [5, 5.41) is -0.970. The lowest BCUT2D eigenvalue weighted by Gasteiger charge is -2.15. The molecule has 2 aliphatic rings. The van der Waals surface area contributed by atoms with Gasteiger partial charge in [0.2, 0.25) is 0 Å². The zero-order valence-electron chi connectivity index (χ0n) is 10.8. The normalized spacial score (nSPS) is 23.2. The highest BCUT2D eigenvalue weighted by Gasteiger charge is 2.44. The maximum Gasteiger partial charge on any atom is 0.351 e. The third-order valence-electron chi connectivity index (χ3n) is 3.53. The van der Waals surface area contributed by atoms with Crippen molar-refractivity contribution in [1.29, 1.82) is 0 Å². The SMILES string of the molecule is O=C(ON1C(=O)c2ccccc2C1=O)C1CCCS1(=O)=O. The Bertz CT molecular complexity index is 719. The van der Waals surface area contributed by atoms with Crippen LogP contribution in [0.4, 0.5) is 0 Å². The van der Waals surface area contributed by atoms with Gasteiger partial charge < -0.3 is 4.84 Å². The van der Waals surface area contributed by atoms with E-state index in [9.17, 15) is 22.8 Å². The molecule has 0 saturated carbocycles. The number of rotatable bonds is 2. The Morgan fingerprint density at radius 3 is 2.19 bits per heavy atom. The highest BCUT2D eigenvalue weighted by atomic mass is 32.2. The van der Waals surface area contributed by atoms with E-state index in [1.165, 1.54) is 12.1 Å². The molecule has 0 spiro atoms. The lowest BCUT2D eigenvalue weighted by atomic mass is 10.1. The number of benzene rings is 1. The fourth-order valence-electron chi connectivity index (χ4n) is 2.45. The summed E-state index contributed by atoms with van der Waals surface area (Å²) in [7, 11) is -3.55. The highest BCUT2D eigenvalue weighted by Crippen LogP contribution is 2.26. The fraction of sp³-hybridized carbons (Fsp3) is 0.308. The molecular formula is C13H11NO6S. The first kappa shape index (κ1) is 13.7. The Hall–Kier alpha value is -2.22. The van der Waals surface area contributed by atoms with E-state index in [4.69, 9.17) is 4.84 Å². The zero-order chi connectivity index (χ0) is 15.2. The molecular weight excluding hydrogens is 298 g/mol. The number of fused-ring (bicyclic) bond motifs is 1. The molecule has 1 aromatic carbocycles. The van der Waals surface area contributed by atoms with Crippen LogP contribution in [-0.2, 0) is 19.5 Å². The summed E-state index contributed by atoms with van der Waals surface area (Å²) in [6, 6.07) is 6.04. The molecule has 1 unspecified atom stereocenters. The Morgan fingerprint density at radius 2 is 1.71 bits per heavy atom. The second-order valence-electron chi connectivity index (χ2n) is 4.86. The lowest BCUT2D eigenvalue weighted by molar-refractivity contribution is -0.167. The van der Waals surface area contributed by atoms with Crippen LogP contribution in [0.25, 0.3) is 0 Å². The van der Waals surface area contributed by atoms with Gasteiger partial charge in [0, 0.05) is 0 Å². The quantitative estimate of drug-likeness (QED) is 0.730. The van der Waals surface area contributed by atoms with Crippen LogP contribution in [-0.4, -0.2) is 42.3 Å². The lowest BCUT2D eigenvalue weighted by Crippen LogP contribution is -2.38. The van der Waals surface area contributed by atoms with Crippen LogP contribution >= 0.6 is 0 Å². The molecule has 1 atom stereocenters. The fourth-order valence-corrected chi connectivity index (χ4v) is 4.17. The minimum atomic E-state index is -3.55. The summed E-state index contributed by atoms with van der Waals surface area (Å²) in [6.45, 7) is 0. The standard InChI is InChI=1S/C13H11NO6S/c15-11-8-4-1-2-5-9(8)12(16)14(11)20-13(17)10-6-3-7-21(10,18)19/h1-2,4-5,10H,3,6-7H2. The third kappa shape index (κ3) is 2.11. The summed E-state index contributed by atoms with van der Waals surface area (Å²) in [5.41, 5.74) is 0.258. The Kier molecular flexibility index (Phi) is 3.05. The first-order chi connectivity index (χ1) is 9.92. The summed E-state index contributed by atoms with van der Waals surface area (Å²) < 4.78 is 23.3. The number of imide groups is 1. The van der Waals surface area contributed by atoms with E-state index >= 15 is 0 Å². The number of hydroxylamine groups is 2. The molecule has 1 saturated heterocycles. The maximum atomic E-state index is 12.0. The number of carbonyl (C=O) groups excluding carboxylic acids is 3. The Labute approximate surface area is 120 Å². The Morgan fingerprint density at radius 1 is 1.14 bits per heavy atom. The van der Waals surface area contributed by atoms with Gasteiger partial charge in [-0.15, -0.1) is 0 Å². The number of amides is 2. The summed E-state index contributed by atoms with van der Waals surface area (Å²) in [6.07, 6.45) is 0.508. The molecule has 2 heterocycles. The van der Waals surface area contributed by atoms with Gasteiger partial charge >= 0.3 is 5.97 Å². The first-order valence-corrected chi connectivity index (χ1v) is 8.04. The minimum absolute atomic E-state index is 0.0884. The van der Waals surface area contributed by atoms with Gasteiger partial charge in [-0.05, 0) is 25.0 Å². The molecule has 1 aromatic rings. The van der Waals surface area contributed by atoms with Crippen molar-refractivity contribution in [3.63, 3.8) is 0 Å². The molecule has 21 heavy (non-hydrogen) atoms. The number of hydrogen-bond acceptors (Lipinski definition) is 6. The molecule has 0 N–H and O–H groups in total. The number of sulfone groups is 1. The summed E-state index contributed by atoms with van der Waals surface area (Å²) in [5.74, 6) is -2.70. The van der Waals surface area contributed by atoms with E-state index in [1.807, 2.05) is 0 Å². The van der Waals surface area contributed by atoms with Crippen molar-refractivity contribution in [3.05, 3.63) is 35.4 Å². The molecule has 0 bridgehead atoms. The minimum Gasteiger partial charge on any atom is -0.328 e. The second kappa shape index (κ2) is 4.66. The van der Waals surface area contributed by atoms with Gasteiger partial charge in [-0.3, -0.25) is 9.59 Å². The smallest absolute Gasteiger partial charge is 0.328 e. The van der Waals surface area contributed by atoms with Crippen LogP contribution in [0.15, 0.2) is 24.3 Å². The molecule has 0 radical (unpaired) electrons. The molecule has 110 valence electrons. The van der Waals surface area contributed by atoms with Crippen LogP contribution in [0.5, 0.6) is 0 Å². The number of hydrogen-bond donors (Lipinski definition) is 0. The van der Waals surface area contributed by atoms with Gasteiger partial charge in [0.25, 0.3) is 11.8 Å². The third-order valence-corrected chi connectivity index (χ3v) is 5.68. The van der Waals surface area contributed by atoms with Crippen LogP contribution in [0, 0.1) is 0 Å². The predicted molar refractivity (Wildman–Crippen MR) is 69.8 cm³/mol. The van der Waals surface area contributed by atoms with E-state index in [2.05, 4.69) is 0 Å². The average molecular weight is 309 g/mol. The van der Waals surface area contributed by atoms with Gasteiger partial charge in [0.1, 0.15) is 0 Å². The van der Waals surface area contributed by atoms with Crippen molar-refractivity contribution < 1.29 is 27.6 Å². The van der Waals surface area contributed by atoms with Crippen LogP contribution in [0.3, 0.4) is 0 Å². The highest BCUT2D eigenvalue weighted by molar-refractivity contribution is 7.93. The molecule has 7 nitrogen and oxygen atoms in total. The van der Waals surface area contributed by atoms with Crippen molar-refractivity contribution in [1.82, 2.24) is 5.06 Å². The molecule has 2 aliphatic heterocycles. The van der Waals surface area contributed by atoms with E-state index in [1.54, 1.807) is 12.1 Å². The van der Waals surface area contributed by atoms with Gasteiger partial charge in [0.15, 0.2) is 15.1 Å². The molecule has 2 amide bonds. The summed E-state index contributed by atoms with van der Waals surface area (Å²) in [4.78, 5) is 40.7. The number of carbonyl (C=O) groups is 3. The predicted octanol–water partition coefficient (Wildman–Crippen LogP) is 0.318. The van der Waals surface area contributed by atoms with E-state index in [0.29, 0.717) is 11.5 Å². The molecule has 3 rings (SSSR count). The largest absolute Gasteiger partial charge is 0.351 e. The first-order valence-electron chi connectivity index (χ1n) is 6.33. The van der Waals surface area contributed by atoms with Gasteiger partial charge in [0.05, 0.1) is 16.9 Å². The van der Waals surface area contributed by atoms with E-state index in [0.717, 1.165) is 0 Å². The molecule has 1 fully saturated rings. The topological polar surface area (TPSA) is 97.8 Å². The van der Waals surface area contributed by atoms with Gasteiger partial charge in [-0.2, -0.15) is 0 Å². The van der Waals surface area contributed by atoms with Crippen molar-refractivity contribution in [2.45, 2.75) is 18.1 Å². The van der Waals surface area contributed by atoms with Crippen molar-refractivity contribution in [2.24, 2.45) is 0 Å². The molecule has 0 aromatic heterocycles. The van der Waals surface area contributed by atoms with Crippen molar-refractivity contribution in [3.8, 4) is 0 Å². The van der Waals surface area contributed by atoms with Gasteiger partial charge in [-0.25, -0.2) is 13.2 Å². The van der Waals surface area contributed by atoms with Crippen LogP contribution in [0.2, 0.25) is 0 Å². The van der Waals surface area contributed by atoms with Crippen LogP contribution < -0.4 is 0 Å². The van der Waals surface area contributed by atoms with E-state index < -0.39 is 32.9 Å². The summed E-state index contributed by atoms with van der Waals surface area (Å²) >= 11 is 0. The van der Waals surface area contributed by atoms with Gasteiger partial charge in [-0.1, -0.05) is 17.2 Å². The Balaban J connectivity index is 1.83. The molecule has 8 heteroatoms. The zero-order valence-corrected chi connectivity index (χ0v) is 11.6. The van der Waals surface area contributed by atoms with E-state index in [-0.39, 0.29) is 23.3 Å². The van der Waals surface area contributed by atoms with Crippen molar-refractivity contribution in [2.75, 3.05) is 5.75 Å². The monoisotopic (exact) mass is 309 g/mol. The average Bonchev–Trinajstić information content (AvgIpc) is 2.92. The molecule has 0 aliphatic carbocycles. The maximum absolute atomic E-state index is 12.0. The van der Waals surface area contributed by atoms with Crippen LogP contribution in [0.1, 0.15) is 33.6 Å². The number of nitrogens with zero attached hydrogens (tertiary/aromatic N) is 1. The van der Waals surface area contributed by atoms with Crippen molar-refractivity contribution >= 4 is 27.6 Å². The second-order valence-corrected chi connectivity index (χ2v) is 7.16.